The van der Waals surface area contributed by atoms with Crippen LogP contribution in [0.4, 0.5) is 5.69 Å². The Morgan fingerprint density at radius 2 is 1.76 bits per heavy atom. The van der Waals surface area contributed by atoms with Crippen LogP contribution in [0.15, 0.2) is 57.5 Å². The number of para-hydroxylation sites is 1. The highest BCUT2D eigenvalue weighted by atomic mass is 79.9. The average molecular weight is 466 g/mol. The molecule has 2 aromatic carbocycles. The van der Waals surface area contributed by atoms with Crippen LogP contribution in [-0.4, -0.2) is 18.4 Å². The number of amides is 2. The summed E-state index contributed by atoms with van der Waals surface area (Å²) in [6.45, 7) is 2.34. The second-order valence-corrected chi connectivity index (χ2v) is 7.82. The number of carbonyl (C=O) groups is 2. The maximum Gasteiger partial charge on any atom is 0.227 e. The van der Waals surface area contributed by atoms with Gasteiger partial charge in [-0.3, -0.25) is 9.59 Å². The lowest BCUT2D eigenvalue weighted by Crippen LogP contribution is -2.34. The second-order valence-electron chi connectivity index (χ2n) is 6.11. The van der Waals surface area contributed by atoms with Crippen LogP contribution in [0.25, 0.3) is 0 Å². The quantitative estimate of drug-likeness (QED) is 0.725. The highest BCUT2D eigenvalue weighted by molar-refractivity contribution is 9.10. The van der Waals surface area contributed by atoms with Crippen LogP contribution >= 0.6 is 31.9 Å². The van der Waals surface area contributed by atoms with Crippen molar-refractivity contribution in [3.8, 4) is 0 Å². The van der Waals surface area contributed by atoms with Gasteiger partial charge in [0.1, 0.15) is 0 Å². The Labute approximate surface area is 163 Å². The molecule has 6 heteroatoms. The number of rotatable bonds is 4. The summed E-state index contributed by atoms with van der Waals surface area (Å²) in [4.78, 5) is 26.7. The van der Waals surface area contributed by atoms with Crippen molar-refractivity contribution in [2.45, 2.75) is 19.4 Å². The van der Waals surface area contributed by atoms with Gasteiger partial charge >= 0.3 is 0 Å². The summed E-state index contributed by atoms with van der Waals surface area (Å²) in [6, 6.07) is 15.2. The molecular formula is C19H18Br2N2O2. The van der Waals surface area contributed by atoms with E-state index >= 15 is 0 Å². The van der Waals surface area contributed by atoms with Crippen LogP contribution in [0.3, 0.4) is 0 Å². The first-order valence-electron chi connectivity index (χ1n) is 8.07. The molecule has 0 radical (unpaired) electrons. The van der Waals surface area contributed by atoms with Gasteiger partial charge in [-0.05, 0) is 46.6 Å². The summed E-state index contributed by atoms with van der Waals surface area (Å²) in [5, 5.41) is 3.03. The van der Waals surface area contributed by atoms with Gasteiger partial charge in [-0.1, -0.05) is 46.3 Å². The van der Waals surface area contributed by atoms with Gasteiger partial charge in [0.05, 0.1) is 17.6 Å². The number of benzene rings is 2. The third-order valence-corrected chi connectivity index (χ3v) is 5.76. The zero-order valence-electron chi connectivity index (χ0n) is 13.7. The Hall–Kier alpha value is -1.66. The minimum atomic E-state index is -0.343. The van der Waals surface area contributed by atoms with E-state index in [1.807, 2.05) is 55.5 Å². The Morgan fingerprint density at radius 1 is 1.12 bits per heavy atom. The summed E-state index contributed by atoms with van der Waals surface area (Å²) in [6.07, 6.45) is 0.232. The fraction of sp³-hybridized carbons (Fsp3) is 0.263. The monoisotopic (exact) mass is 464 g/mol. The van der Waals surface area contributed by atoms with E-state index in [9.17, 15) is 9.59 Å². The molecule has 1 fully saturated rings. The van der Waals surface area contributed by atoms with E-state index in [1.54, 1.807) is 4.90 Å². The molecule has 0 aliphatic carbocycles. The lowest BCUT2D eigenvalue weighted by molar-refractivity contribution is -0.126. The first kappa shape index (κ1) is 18.1. The molecule has 1 saturated heterocycles. The van der Waals surface area contributed by atoms with E-state index in [0.717, 1.165) is 20.2 Å². The minimum absolute atomic E-state index is 0.0272. The van der Waals surface area contributed by atoms with Crippen LogP contribution < -0.4 is 10.2 Å². The first-order valence-corrected chi connectivity index (χ1v) is 9.65. The van der Waals surface area contributed by atoms with Crippen LogP contribution in [-0.2, 0) is 9.59 Å². The van der Waals surface area contributed by atoms with Gasteiger partial charge in [-0.15, -0.1) is 0 Å². The van der Waals surface area contributed by atoms with Crippen molar-refractivity contribution in [3.05, 3.63) is 63.0 Å². The lowest BCUT2D eigenvalue weighted by Gasteiger charge is -2.20. The molecule has 130 valence electrons. The lowest BCUT2D eigenvalue weighted by atomic mass is 10.1. The third-order valence-electron chi connectivity index (χ3n) is 4.37. The Kier molecular flexibility index (Phi) is 5.59. The summed E-state index contributed by atoms with van der Waals surface area (Å²) in [7, 11) is 0. The summed E-state index contributed by atoms with van der Waals surface area (Å²) in [5.74, 6) is -0.462. The van der Waals surface area contributed by atoms with Crippen LogP contribution in [0.2, 0.25) is 0 Å². The van der Waals surface area contributed by atoms with Gasteiger partial charge in [-0.2, -0.15) is 0 Å². The predicted octanol–water partition coefficient (Wildman–Crippen LogP) is 4.44. The molecule has 3 rings (SSSR count). The molecule has 2 amide bonds. The largest absolute Gasteiger partial charge is 0.349 e. The van der Waals surface area contributed by atoms with Gasteiger partial charge in [0.2, 0.25) is 11.8 Å². The number of carbonyl (C=O) groups excluding carboxylic acids is 2. The predicted molar refractivity (Wildman–Crippen MR) is 105 cm³/mol. The molecule has 2 atom stereocenters. The molecule has 0 aromatic heterocycles. The highest BCUT2D eigenvalue weighted by Crippen LogP contribution is 2.31. The maximum atomic E-state index is 12.6. The van der Waals surface area contributed by atoms with Crippen LogP contribution in [0.1, 0.15) is 24.9 Å². The molecule has 1 aliphatic rings. The van der Waals surface area contributed by atoms with Crippen molar-refractivity contribution >= 4 is 49.4 Å². The summed E-state index contributed by atoms with van der Waals surface area (Å²) < 4.78 is 1.81. The molecule has 1 aliphatic heterocycles. The SMILES string of the molecule is CC(NC(=O)C1CC(=O)N(c2ccccc2Br)C1)c1ccccc1Br. The Balaban J connectivity index is 1.69. The van der Waals surface area contributed by atoms with Crippen LogP contribution in [0, 0.1) is 5.92 Å². The van der Waals surface area contributed by atoms with Gasteiger partial charge in [-0.25, -0.2) is 0 Å². The topological polar surface area (TPSA) is 49.4 Å². The number of nitrogens with zero attached hydrogens (tertiary/aromatic N) is 1. The standard InChI is InChI=1S/C19H18Br2N2O2/c1-12(14-6-2-3-7-15(14)20)22-19(25)13-10-18(24)23(11-13)17-9-5-4-8-16(17)21/h2-9,12-13H,10-11H2,1H3,(H,22,25). The number of nitrogens with one attached hydrogen (secondary N) is 1. The number of anilines is 1. The van der Waals surface area contributed by atoms with Crippen molar-refractivity contribution in [2.75, 3.05) is 11.4 Å². The molecule has 4 nitrogen and oxygen atoms in total. The van der Waals surface area contributed by atoms with Gasteiger partial charge in [0.25, 0.3) is 0 Å². The minimum Gasteiger partial charge on any atom is -0.349 e. The molecule has 2 unspecified atom stereocenters. The van der Waals surface area contributed by atoms with Gasteiger partial charge in [0.15, 0.2) is 0 Å². The van der Waals surface area contributed by atoms with E-state index in [2.05, 4.69) is 37.2 Å². The number of hydrogen-bond donors (Lipinski definition) is 1. The molecule has 0 bridgehead atoms. The van der Waals surface area contributed by atoms with Crippen molar-refractivity contribution in [2.24, 2.45) is 5.92 Å². The molecule has 2 aromatic rings. The molecule has 1 N–H and O–H groups in total. The van der Waals surface area contributed by atoms with E-state index in [-0.39, 0.29) is 30.2 Å². The fourth-order valence-corrected chi connectivity index (χ4v) is 4.15. The van der Waals surface area contributed by atoms with E-state index in [4.69, 9.17) is 0 Å². The van der Waals surface area contributed by atoms with Crippen LogP contribution in [0.5, 0.6) is 0 Å². The summed E-state index contributed by atoms with van der Waals surface area (Å²) in [5.41, 5.74) is 1.82. The molecule has 25 heavy (non-hydrogen) atoms. The smallest absolute Gasteiger partial charge is 0.227 e. The van der Waals surface area contributed by atoms with E-state index in [1.165, 1.54) is 0 Å². The Morgan fingerprint density at radius 3 is 2.44 bits per heavy atom. The second kappa shape index (κ2) is 7.70. The van der Waals surface area contributed by atoms with Crippen molar-refractivity contribution < 1.29 is 9.59 Å². The van der Waals surface area contributed by atoms with Crippen molar-refractivity contribution in [1.82, 2.24) is 5.32 Å². The Bertz CT molecular complexity index is 810. The van der Waals surface area contributed by atoms with Gasteiger partial charge in [0, 0.05) is 21.9 Å². The van der Waals surface area contributed by atoms with Crippen molar-refractivity contribution in [3.63, 3.8) is 0 Å². The molecule has 0 saturated carbocycles. The zero-order valence-corrected chi connectivity index (χ0v) is 16.9. The molecular weight excluding hydrogens is 448 g/mol. The summed E-state index contributed by atoms with van der Waals surface area (Å²) >= 11 is 6.98. The van der Waals surface area contributed by atoms with Crippen molar-refractivity contribution in [1.29, 1.82) is 0 Å². The number of halogens is 2. The molecule has 0 spiro atoms. The van der Waals surface area contributed by atoms with Gasteiger partial charge < -0.3 is 10.2 Å². The van der Waals surface area contributed by atoms with E-state index < -0.39 is 0 Å². The maximum absolute atomic E-state index is 12.6. The highest BCUT2D eigenvalue weighted by Gasteiger charge is 2.36. The third kappa shape index (κ3) is 3.96. The number of hydrogen-bond acceptors (Lipinski definition) is 2. The normalized spacial score (nSPS) is 18.3. The molecule has 1 heterocycles. The fourth-order valence-electron chi connectivity index (χ4n) is 3.02. The first-order chi connectivity index (χ1) is 12.0. The van der Waals surface area contributed by atoms with E-state index in [0.29, 0.717) is 6.54 Å². The average Bonchev–Trinajstić information content (AvgIpc) is 2.97. The zero-order chi connectivity index (χ0) is 18.0.